The largest absolute Gasteiger partial charge is 0.497 e. The van der Waals surface area contributed by atoms with Crippen molar-refractivity contribution in [1.82, 2.24) is 15.1 Å². The van der Waals surface area contributed by atoms with E-state index < -0.39 is 42.0 Å². The van der Waals surface area contributed by atoms with Gasteiger partial charge in [0.05, 0.1) is 26.3 Å². The van der Waals surface area contributed by atoms with Crippen LogP contribution in [-0.2, 0) is 41.8 Å². The molecular weight excluding hydrogens is 934 g/mol. The average Bonchev–Trinajstić information content (AvgIpc) is 4.07. The summed E-state index contributed by atoms with van der Waals surface area (Å²) in [5.41, 5.74) is 5.72. The molecule has 0 aromatic heterocycles. The molecule has 2 fully saturated rings. The Kier molecular flexibility index (Phi) is 18.7. The molecular formula is C58H56ClN3O10. The van der Waals surface area contributed by atoms with Crippen LogP contribution in [0.2, 0.25) is 0 Å². The molecule has 2 aliphatic rings. The van der Waals surface area contributed by atoms with E-state index in [0.717, 1.165) is 39.1 Å². The van der Waals surface area contributed by atoms with Gasteiger partial charge in [0.1, 0.15) is 30.9 Å². The van der Waals surface area contributed by atoms with Gasteiger partial charge in [-0.25, -0.2) is 9.59 Å². The number of hydrogen-bond acceptors (Lipinski definition) is 11. The molecule has 0 aliphatic carbocycles. The van der Waals surface area contributed by atoms with Crippen LogP contribution in [-0.4, -0.2) is 73.5 Å². The zero-order valence-corrected chi connectivity index (χ0v) is 41.0. The fraction of sp³-hybridized carbons (Fsp3) is 0.207. The highest BCUT2D eigenvalue weighted by Gasteiger charge is 2.50. The smallest absolute Gasteiger partial charge is 0.338 e. The Balaban J connectivity index is 0.000000194. The molecule has 2 unspecified atom stereocenters. The summed E-state index contributed by atoms with van der Waals surface area (Å²) < 4.78 is 34.3. The number of ether oxygens (including phenoxy) is 6. The molecule has 9 rings (SSSR count). The van der Waals surface area contributed by atoms with Crippen molar-refractivity contribution in [3.05, 3.63) is 239 Å². The second-order valence-electron chi connectivity index (χ2n) is 16.7. The highest BCUT2D eigenvalue weighted by molar-refractivity contribution is 6.62. The SMILES string of the molecule is CN(C)C(=O)Cl.COc1ccc(C2N[C@@H](c3ccccc3)[C@H](C(=O)OCc3ccccc3)O2)cc1.COc1ccc(C2O[C@@H](C(=O)OCc3ccccc3)[C@H](c3ccccc3)N2C(=O)c2ccccc2)cc1. The molecule has 0 saturated carbocycles. The Labute approximate surface area is 424 Å². The van der Waals surface area contributed by atoms with Crippen molar-refractivity contribution in [2.24, 2.45) is 0 Å². The van der Waals surface area contributed by atoms with Gasteiger partial charge in [-0.05, 0) is 75.8 Å². The van der Waals surface area contributed by atoms with Crippen molar-refractivity contribution in [2.45, 2.75) is 50.0 Å². The molecule has 72 heavy (non-hydrogen) atoms. The van der Waals surface area contributed by atoms with Gasteiger partial charge in [-0.1, -0.05) is 164 Å². The lowest BCUT2D eigenvalue weighted by Crippen LogP contribution is -2.37. The van der Waals surface area contributed by atoms with Gasteiger partial charge >= 0.3 is 17.3 Å². The minimum Gasteiger partial charge on any atom is -0.497 e. The van der Waals surface area contributed by atoms with Crippen LogP contribution >= 0.6 is 11.6 Å². The molecule has 14 heteroatoms. The maximum absolute atomic E-state index is 14.0. The third-order valence-electron chi connectivity index (χ3n) is 11.7. The fourth-order valence-electron chi connectivity index (χ4n) is 7.92. The lowest BCUT2D eigenvalue weighted by atomic mass is 9.99. The second-order valence-corrected chi connectivity index (χ2v) is 17.0. The maximum atomic E-state index is 14.0. The number of hydrogen-bond donors (Lipinski definition) is 1. The van der Waals surface area contributed by atoms with Crippen molar-refractivity contribution < 1.29 is 47.6 Å². The number of benzene rings is 7. The molecule has 0 spiro atoms. The Morgan fingerprint density at radius 2 is 0.944 bits per heavy atom. The Hall–Kier alpha value is -7.81. The highest BCUT2D eigenvalue weighted by atomic mass is 35.5. The molecule has 6 atom stereocenters. The van der Waals surface area contributed by atoms with Crippen LogP contribution in [0.1, 0.15) is 68.3 Å². The van der Waals surface area contributed by atoms with Crippen molar-refractivity contribution >= 4 is 34.8 Å². The first-order valence-electron chi connectivity index (χ1n) is 23.1. The van der Waals surface area contributed by atoms with Crippen LogP contribution in [0.4, 0.5) is 4.79 Å². The first-order chi connectivity index (χ1) is 35.0. The summed E-state index contributed by atoms with van der Waals surface area (Å²) >= 11 is 4.90. The summed E-state index contributed by atoms with van der Waals surface area (Å²) in [4.78, 5) is 53.1. The predicted molar refractivity (Wildman–Crippen MR) is 273 cm³/mol. The quantitative estimate of drug-likeness (QED) is 0.0670. The molecule has 7 aromatic rings. The van der Waals surface area contributed by atoms with E-state index in [0.29, 0.717) is 11.3 Å². The zero-order valence-electron chi connectivity index (χ0n) is 40.3. The van der Waals surface area contributed by atoms with E-state index in [1.807, 2.05) is 188 Å². The number of halogens is 1. The lowest BCUT2D eigenvalue weighted by Gasteiger charge is -2.29. The molecule has 7 aromatic carbocycles. The summed E-state index contributed by atoms with van der Waals surface area (Å²) in [6, 6.07) is 61.3. The van der Waals surface area contributed by atoms with Crippen LogP contribution in [0.15, 0.2) is 200 Å². The monoisotopic (exact) mass is 989 g/mol. The Morgan fingerprint density at radius 1 is 0.528 bits per heavy atom. The van der Waals surface area contributed by atoms with Gasteiger partial charge < -0.3 is 33.3 Å². The summed E-state index contributed by atoms with van der Waals surface area (Å²) in [5.74, 6) is 0.297. The Bertz CT molecular complexity index is 2790. The Morgan fingerprint density at radius 3 is 1.40 bits per heavy atom. The van der Waals surface area contributed by atoms with Crippen LogP contribution in [0, 0.1) is 0 Å². The van der Waals surface area contributed by atoms with E-state index in [2.05, 4.69) is 5.32 Å². The van der Waals surface area contributed by atoms with E-state index >= 15 is 0 Å². The molecule has 370 valence electrons. The topological polar surface area (TPSA) is 142 Å². The first kappa shape index (κ1) is 52.0. The maximum Gasteiger partial charge on any atom is 0.338 e. The van der Waals surface area contributed by atoms with Crippen LogP contribution in [0.5, 0.6) is 11.5 Å². The van der Waals surface area contributed by atoms with Gasteiger partial charge in [0.25, 0.3) is 5.91 Å². The van der Waals surface area contributed by atoms with E-state index in [1.54, 1.807) is 45.3 Å². The first-order valence-corrected chi connectivity index (χ1v) is 23.5. The van der Waals surface area contributed by atoms with E-state index in [1.165, 1.54) is 4.90 Å². The molecule has 2 heterocycles. The molecule has 13 nitrogen and oxygen atoms in total. The number of carbonyl (C=O) groups excluding carboxylic acids is 4. The summed E-state index contributed by atoms with van der Waals surface area (Å²) in [6.07, 6.45) is -2.99. The van der Waals surface area contributed by atoms with E-state index in [-0.39, 0.29) is 31.1 Å². The summed E-state index contributed by atoms with van der Waals surface area (Å²) in [5, 5.41) is 2.99. The third-order valence-corrected chi connectivity index (χ3v) is 12.0. The van der Waals surface area contributed by atoms with Crippen molar-refractivity contribution in [1.29, 1.82) is 0 Å². The van der Waals surface area contributed by atoms with Crippen LogP contribution in [0.3, 0.4) is 0 Å². The summed E-state index contributed by atoms with van der Waals surface area (Å²) in [7, 11) is 6.41. The fourth-order valence-corrected chi connectivity index (χ4v) is 7.92. The van der Waals surface area contributed by atoms with Crippen molar-refractivity contribution in [3.63, 3.8) is 0 Å². The third kappa shape index (κ3) is 13.7. The molecule has 0 bridgehead atoms. The number of rotatable bonds is 13. The average molecular weight is 991 g/mol. The normalized spacial score (nSPS) is 18.8. The van der Waals surface area contributed by atoms with Gasteiger partial charge in [0.15, 0.2) is 18.4 Å². The number of carbonyl (C=O) groups is 4. The van der Waals surface area contributed by atoms with Crippen LogP contribution in [0.25, 0.3) is 0 Å². The predicted octanol–water partition coefficient (Wildman–Crippen LogP) is 10.8. The lowest BCUT2D eigenvalue weighted by molar-refractivity contribution is -0.159. The van der Waals surface area contributed by atoms with E-state index in [9.17, 15) is 19.2 Å². The molecule has 0 radical (unpaired) electrons. The highest BCUT2D eigenvalue weighted by Crippen LogP contribution is 2.45. The minimum absolute atomic E-state index is 0.112. The van der Waals surface area contributed by atoms with Gasteiger partial charge in [-0.2, -0.15) is 0 Å². The van der Waals surface area contributed by atoms with Gasteiger partial charge in [-0.3, -0.25) is 19.8 Å². The number of nitrogens with one attached hydrogen (secondary N) is 1. The van der Waals surface area contributed by atoms with Gasteiger partial charge in [0, 0.05) is 25.2 Å². The number of amides is 2. The van der Waals surface area contributed by atoms with Crippen molar-refractivity contribution in [3.8, 4) is 11.5 Å². The molecule has 2 aliphatic heterocycles. The second kappa shape index (κ2) is 25.9. The standard InChI is InChI=1S/C31H27NO5.C24H23NO4.C3H6ClNO/c1-35-26-19-17-25(18-20-26)30-32(29(33)24-15-9-4-10-16-24)27(23-13-7-3-8-14-23)28(37-30)31(34)36-21-22-11-5-2-6-12-22;1-27-20-14-12-19(13-15-20)23-25-21(18-10-6-3-7-11-18)22(29-23)24(26)28-16-17-8-4-2-5-9-17;1-5(2)3(4)6/h2-20,27-28,30H,21H2,1H3;2-15,21-23,25H,16H2,1H3;1-2H3/t27-,28+,30?;21-,22+,23?;/m00./s1. The number of nitrogens with zero attached hydrogens (tertiary/aromatic N) is 2. The molecule has 1 N–H and O–H groups in total. The van der Waals surface area contributed by atoms with Gasteiger partial charge in [-0.15, -0.1) is 0 Å². The number of methoxy groups -OCH3 is 2. The molecule has 2 saturated heterocycles. The molecule has 2 amide bonds. The van der Waals surface area contributed by atoms with Crippen molar-refractivity contribution in [2.75, 3.05) is 28.3 Å². The number of esters is 2. The van der Waals surface area contributed by atoms with Gasteiger partial charge in [0.2, 0.25) is 0 Å². The summed E-state index contributed by atoms with van der Waals surface area (Å²) in [6.45, 7) is 0.328. The van der Waals surface area contributed by atoms with Crippen LogP contribution < -0.4 is 14.8 Å². The minimum atomic E-state index is -1.02. The van der Waals surface area contributed by atoms with E-state index in [4.69, 9.17) is 40.0 Å². The zero-order chi connectivity index (χ0) is 50.8.